The average Bonchev–Trinajstić information content (AvgIpc) is 3.87. The van der Waals surface area contributed by atoms with Crippen molar-refractivity contribution in [3.8, 4) is 39.3 Å². The predicted octanol–water partition coefficient (Wildman–Crippen LogP) is 13.4. The smallest absolute Gasteiger partial charge is 0.136 e. The Morgan fingerprint density at radius 2 is 1.10 bits per heavy atom. The summed E-state index contributed by atoms with van der Waals surface area (Å²) in [4.78, 5) is 5.30. The molecular formula is C47H28N2OS. The third-order valence-electron chi connectivity index (χ3n) is 10.2. The highest BCUT2D eigenvalue weighted by Crippen LogP contribution is 2.44. The molecule has 51 heavy (non-hydrogen) atoms. The van der Waals surface area contributed by atoms with Gasteiger partial charge in [0, 0.05) is 58.5 Å². The molecule has 0 aliphatic rings. The van der Waals surface area contributed by atoms with E-state index in [-0.39, 0.29) is 0 Å². The van der Waals surface area contributed by atoms with Gasteiger partial charge >= 0.3 is 0 Å². The molecule has 4 aromatic heterocycles. The molecule has 0 saturated carbocycles. The first-order valence-corrected chi connectivity index (χ1v) is 18.0. The highest BCUT2D eigenvalue weighted by molar-refractivity contribution is 7.26. The number of para-hydroxylation sites is 2. The van der Waals surface area contributed by atoms with E-state index in [1.54, 1.807) is 0 Å². The highest BCUT2D eigenvalue weighted by Gasteiger charge is 2.18. The van der Waals surface area contributed by atoms with Gasteiger partial charge in [-0.15, -0.1) is 11.3 Å². The van der Waals surface area contributed by atoms with E-state index in [2.05, 4.69) is 174 Å². The van der Waals surface area contributed by atoms with Crippen LogP contribution in [0.1, 0.15) is 0 Å². The lowest BCUT2D eigenvalue weighted by atomic mass is 9.98. The molecule has 0 saturated heterocycles. The minimum Gasteiger partial charge on any atom is -0.456 e. The van der Waals surface area contributed by atoms with Crippen LogP contribution in [0.4, 0.5) is 0 Å². The van der Waals surface area contributed by atoms with Crippen molar-refractivity contribution < 1.29 is 4.42 Å². The second-order valence-electron chi connectivity index (χ2n) is 13.1. The lowest BCUT2D eigenvalue weighted by molar-refractivity contribution is 0.669. The van der Waals surface area contributed by atoms with E-state index in [9.17, 15) is 0 Å². The maximum atomic E-state index is 6.45. The Morgan fingerprint density at radius 3 is 1.96 bits per heavy atom. The highest BCUT2D eigenvalue weighted by atomic mass is 32.1. The van der Waals surface area contributed by atoms with Crippen LogP contribution < -0.4 is 0 Å². The molecule has 0 fully saturated rings. The molecule has 0 spiro atoms. The minimum absolute atomic E-state index is 0.884. The van der Waals surface area contributed by atoms with Gasteiger partial charge in [-0.1, -0.05) is 97.1 Å². The number of furan rings is 1. The molecule has 0 N–H and O–H groups in total. The third-order valence-corrected chi connectivity index (χ3v) is 11.3. The SMILES string of the molecule is c1ccc(-c2cc(-c3ccc4c5ccccc5n(-c5ccccc5)c4c3)cc(-c3ccc4oc5ccc6sc7ccccc7c6c5c4c3)n2)cc1. The van der Waals surface area contributed by atoms with Crippen LogP contribution in [0.25, 0.3) is 103 Å². The number of hydrogen-bond donors (Lipinski definition) is 0. The molecule has 4 heteroatoms. The minimum atomic E-state index is 0.884. The van der Waals surface area contributed by atoms with Gasteiger partial charge in [0.2, 0.25) is 0 Å². The van der Waals surface area contributed by atoms with E-state index < -0.39 is 0 Å². The summed E-state index contributed by atoms with van der Waals surface area (Å²) in [7, 11) is 0. The van der Waals surface area contributed by atoms with Crippen LogP contribution in [-0.2, 0) is 0 Å². The van der Waals surface area contributed by atoms with Gasteiger partial charge in [0.05, 0.1) is 22.4 Å². The molecule has 0 unspecified atom stereocenters. The summed E-state index contributed by atoms with van der Waals surface area (Å²) in [6.45, 7) is 0. The van der Waals surface area contributed by atoms with Gasteiger partial charge in [0.25, 0.3) is 0 Å². The Morgan fingerprint density at radius 1 is 0.412 bits per heavy atom. The van der Waals surface area contributed by atoms with Crippen molar-refractivity contribution in [1.82, 2.24) is 9.55 Å². The molecule has 0 amide bonds. The van der Waals surface area contributed by atoms with Crippen LogP contribution in [0.5, 0.6) is 0 Å². The Labute approximate surface area is 297 Å². The summed E-state index contributed by atoms with van der Waals surface area (Å²) < 4.78 is 11.4. The lowest BCUT2D eigenvalue weighted by Gasteiger charge is -2.12. The van der Waals surface area contributed by atoms with Crippen LogP contribution in [-0.4, -0.2) is 9.55 Å². The van der Waals surface area contributed by atoms with Crippen molar-refractivity contribution in [3.05, 3.63) is 170 Å². The number of fused-ring (bicyclic) bond motifs is 10. The molecule has 0 atom stereocenters. The summed E-state index contributed by atoms with van der Waals surface area (Å²) in [6.07, 6.45) is 0. The Hall–Kier alpha value is -6.49. The van der Waals surface area contributed by atoms with E-state index in [4.69, 9.17) is 9.40 Å². The van der Waals surface area contributed by atoms with Crippen molar-refractivity contribution in [3.63, 3.8) is 0 Å². The van der Waals surface area contributed by atoms with Crippen LogP contribution >= 0.6 is 11.3 Å². The fourth-order valence-corrected chi connectivity index (χ4v) is 8.96. The van der Waals surface area contributed by atoms with Crippen molar-refractivity contribution in [2.45, 2.75) is 0 Å². The van der Waals surface area contributed by atoms with Crippen molar-refractivity contribution in [2.24, 2.45) is 0 Å². The fraction of sp³-hybridized carbons (Fsp3) is 0. The van der Waals surface area contributed by atoms with Crippen molar-refractivity contribution in [1.29, 1.82) is 0 Å². The number of rotatable bonds is 4. The topological polar surface area (TPSA) is 31.0 Å². The first-order chi connectivity index (χ1) is 25.3. The lowest BCUT2D eigenvalue weighted by Crippen LogP contribution is -1.94. The predicted molar refractivity (Wildman–Crippen MR) is 215 cm³/mol. The number of hydrogen-bond acceptors (Lipinski definition) is 3. The Kier molecular flexibility index (Phi) is 6.12. The Bertz CT molecular complexity index is 3130. The first-order valence-electron chi connectivity index (χ1n) is 17.2. The molecule has 0 aliphatic carbocycles. The van der Waals surface area contributed by atoms with E-state index in [1.807, 2.05) is 11.3 Å². The van der Waals surface area contributed by atoms with E-state index in [0.717, 1.165) is 55.9 Å². The van der Waals surface area contributed by atoms with Gasteiger partial charge in [0.15, 0.2) is 0 Å². The fourth-order valence-electron chi connectivity index (χ4n) is 7.85. The largest absolute Gasteiger partial charge is 0.456 e. The molecule has 3 nitrogen and oxygen atoms in total. The molecule has 0 aliphatic heterocycles. The van der Waals surface area contributed by atoms with Gasteiger partial charge in [-0.05, 0) is 83.9 Å². The molecule has 0 bridgehead atoms. The molecule has 0 radical (unpaired) electrons. The normalized spacial score (nSPS) is 11.9. The zero-order chi connectivity index (χ0) is 33.5. The van der Waals surface area contributed by atoms with Crippen LogP contribution in [0.3, 0.4) is 0 Å². The molecule has 7 aromatic carbocycles. The summed E-state index contributed by atoms with van der Waals surface area (Å²) in [6, 6.07) is 60.6. The average molecular weight is 669 g/mol. The van der Waals surface area contributed by atoms with E-state index in [0.29, 0.717) is 0 Å². The number of aromatic nitrogens is 2. The van der Waals surface area contributed by atoms with Crippen LogP contribution in [0.15, 0.2) is 174 Å². The molecular weight excluding hydrogens is 641 g/mol. The monoisotopic (exact) mass is 668 g/mol. The van der Waals surface area contributed by atoms with E-state index >= 15 is 0 Å². The van der Waals surface area contributed by atoms with Crippen molar-refractivity contribution >= 4 is 75.3 Å². The quantitative estimate of drug-likeness (QED) is 0.187. The van der Waals surface area contributed by atoms with E-state index in [1.165, 1.54) is 47.4 Å². The summed E-state index contributed by atoms with van der Waals surface area (Å²) in [5.41, 5.74) is 11.6. The van der Waals surface area contributed by atoms with Crippen molar-refractivity contribution in [2.75, 3.05) is 0 Å². The van der Waals surface area contributed by atoms with Gasteiger partial charge in [-0.3, -0.25) is 0 Å². The summed E-state index contributed by atoms with van der Waals surface area (Å²) >= 11 is 1.83. The maximum Gasteiger partial charge on any atom is 0.136 e. The second-order valence-corrected chi connectivity index (χ2v) is 14.2. The summed E-state index contributed by atoms with van der Waals surface area (Å²) in [5.74, 6) is 0. The van der Waals surface area contributed by atoms with Gasteiger partial charge in [0.1, 0.15) is 11.2 Å². The Balaban J connectivity index is 1.15. The zero-order valence-corrected chi connectivity index (χ0v) is 28.2. The molecule has 11 rings (SSSR count). The molecule has 11 aromatic rings. The summed E-state index contributed by atoms with van der Waals surface area (Å²) in [5, 5.41) is 7.29. The standard InChI is InChI=1S/C47H28N2OS/c1-3-11-29(12-4-1)38-26-32(30-19-21-35-34-15-7-9-17-40(34)49(41(35)28-30)33-13-5-2-6-14-33)27-39(48-38)31-20-22-42-37(25-31)46-43(50-42)23-24-45-47(46)36-16-8-10-18-44(36)51-45/h1-28H. The van der Waals surface area contributed by atoms with Crippen LogP contribution in [0, 0.1) is 0 Å². The second kappa shape index (κ2) is 11.0. The number of thiophene rings is 1. The van der Waals surface area contributed by atoms with Crippen LogP contribution in [0.2, 0.25) is 0 Å². The number of pyridine rings is 1. The van der Waals surface area contributed by atoms with Gasteiger partial charge in [-0.2, -0.15) is 0 Å². The zero-order valence-electron chi connectivity index (χ0n) is 27.4. The molecule has 238 valence electrons. The number of nitrogens with zero attached hydrogens (tertiary/aromatic N) is 2. The first kappa shape index (κ1) is 28.4. The van der Waals surface area contributed by atoms with Gasteiger partial charge in [-0.25, -0.2) is 4.98 Å². The third kappa shape index (κ3) is 4.40. The van der Waals surface area contributed by atoms with Gasteiger partial charge < -0.3 is 8.98 Å². The maximum absolute atomic E-state index is 6.45. The number of benzene rings is 7. The molecule has 4 heterocycles.